The molecule has 0 radical (unpaired) electrons. The van der Waals surface area contributed by atoms with E-state index in [0.29, 0.717) is 12.1 Å². The van der Waals surface area contributed by atoms with Crippen molar-refractivity contribution < 1.29 is 4.79 Å². The van der Waals surface area contributed by atoms with Crippen molar-refractivity contribution >= 4 is 11.6 Å². The van der Waals surface area contributed by atoms with E-state index in [0.717, 1.165) is 35.7 Å². The van der Waals surface area contributed by atoms with E-state index < -0.39 is 0 Å². The lowest BCUT2D eigenvalue weighted by molar-refractivity contribution is 0.00171. The summed E-state index contributed by atoms with van der Waals surface area (Å²) in [4.78, 5) is 22.1. The summed E-state index contributed by atoms with van der Waals surface area (Å²) in [6, 6.07) is 5.20. The minimum Gasteiger partial charge on any atom is -0.334 e. The van der Waals surface area contributed by atoms with Crippen LogP contribution in [0.5, 0.6) is 0 Å². The summed E-state index contributed by atoms with van der Waals surface area (Å²) in [7, 11) is 0. The van der Waals surface area contributed by atoms with E-state index in [1.54, 1.807) is 0 Å². The van der Waals surface area contributed by atoms with Gasteiger partial charge in [0.15, 0.2) is 0 Å². The van der Waals surface area contributed by atoms with Gasteiger partial charge in [-0.3, -0.25) is 14.1 Å². The number of hydrogen-bond acceptors (Lipinski definition) is 3. The van der Waals surface area contributed by atoms with Gasteiger partial charge in [0.1, 0.15) is 11.3 Å². The smallest absolute Gasteiger partial charge is 0.272 e. The maximum absolute atomic E-state index is 13.0. The molecule has 0 spiro atoms. The third kappa shape index (κ3) is 2.51. The van der Waals surface area contributed by atoms with Crippen LogP contribution in [0.15, 0.2) is 18.3 Å². The molecule has 2 fully saturated rings. The van der Waals surface area contributed by atoms with E-state index in [4.69, 9.17) is 0 Å². The Hall–Kier alpha value is -1.88. The van der Waals surface area contributed by atoms with Crippen LogP contribution in [-0.4, -0.2) is 56.8 Å². The summed E-state index contributed by atoms with van der Waals surface area (Å²) < 4.78 is 1.95. The highest BCUT2D eigenvalue weighted by atomic mass is 16.2. The molecule has 2 aromatic rings. The van der Waals surface area contributed by atoms with Crippen LogP contribution in [0.2, 0.25) is 0 Å². The number of aryl methyl sites for hydroxylation is 2. The summed E-state index contributed by atoms with van der Waals surface area (Å²) in [6.45, 7) is 9.17. The number of likely N-dealkylation sites (tertiary alicyclic amines) is 2. The van der Waals surface area contributed by atoms with Gasteiger partial charge in [-0.15, -0.1) is 0 Å². The lowest BCUT2D eigenvalue weighted by Crippen LogP contribution is -2.63. The van der Waals surface area contributed by atoms with Crippen molar-refractivity contribution in [2.75, 3.05) is 19.6 Å². The molecule has 0 bridgehead atoms. The molecule has 2 aliphatic heterocycles. The number of amides is 1. The largest absolute Gasteiger partial charge is 0.334 e. The number of piperidine rings is 1. The van der Waals surface area contributed by atoms with Crippen molar-refractivity contribution in [1.82, 2.24) is 19.2 Å². The predicted octanol–water partition coefficient (Wildman–Crippen LogP) is 2.65. The average Bonchev–Trinajstić information content (AvgIpc) is 2.82. The first kappa shape index (κ1) is 15.6. The third-order valence-electron chi connectivity index (χ3n) is 5.62. The van der Waals surface area contributed by atoms with E-state index in [9.17, 15) is 4.79 Å². The maximum Gasteiger partial charge on any atom is 0.272 e. The van der Waals surface area contributed by atoms with Gasteiger partial charge in [0.2, 0.25) is 0 Å². The number of nitrogens with zero attached hydrogens (tertiary/aromatic N) is 4. The van der Waals surface area contributed by atoms with Crippen LogP contribution in [0.25, 0.3) is 5.65 Å². The first-order chi connectivity index (χ1) is 11.5. The second kappa shape index (κ2) is 5.88. The Kier molecular flexibility index (Phi) is 3.83. The lowest BCUT2D eigenvalue weighted by atomic mass is 9.97. The van der Waals surface area contributed by atoms with Crippen molar-refractivity contribution in [3.63, 3.8) is 0 Å². The molecule has 4 heterocycles. The topological polar surface area (TPSA) is 40.9 Å². The second-order valence-corrected chi connectivity index (χ2v) is 7.43. The Morgan fingerprint density at radius 3 is 2.75 bits per heavy atom. The number of carbonyl (C=O) groups excluding carboxylic acids is 1. The summed E-state index contributed by atoms with van der Waals surface area (Å²) >= 11 is 0. The molecule has 5 heteroatoms. The Bertz CT molecular complexity index is 775. The maximum atomic E-state index is 13.0. The molecule has 1 atom stereocenters. The average molecular weight is 326 g/mol. The van der Waals surface area contributed by atoms with Gasteiger partial charge < -0.3 is 4.90 Å². The lowest BCUT2D eigenvalue weighted by Gasteiger charge is -2.49. The highest BCUT2D eigenvalue weighted by Gasteiger charge is 2.38. The molecule has 0 aromatic carbocycles. The van der Waals surface area contributed by atoms with E-state index in [2.05, 4.69) is 16.8 Å². The molecule has 1 amide bonds. The van der Waals surface area contributed by atoms with Gasteiger partial charge in [-0.25, -0.2) is 4.98 Å². The van der Waals surface area contributed by atoms with Gasteiger partial charge in [-0.1, -0.05) is 12.5 Å². The van der Waals surface area contributed by atoms with Gasteiger partial charge in [-0.2, -0.15) is 0 Å². The van der Waals surface area contributed by atoms with Gasteiger partial charge >= 0.3 is 0 Å². The molecule has 2 saturated heterocycles. The summed E-state index contributed by atoms with van der Waals surface area (Å²) in [5.41, 5.74) is 3.53. The van der Waals surface area contributed by atoms with E-state index in [-0.39, 0.29) is 5.91 Å². The van der Waals surface area contributed by atoms with Crippen molar-refractivity contribution in [3.05, 3.63) is 35.3 Å². The standard InChI is InChI=1S/C19H26N4O/c1-13-7-8-17-20-15(3)18(23(17)10-13)19(24)21-11-16(12-21)22-9-5-4-6-14(22)2/h7-8,10,14,16H,4-6,9,11-12H2,1-3H3. The Morgan fingerprint density at radius 2 is 2.00 bits per heavy atom. The first-order valence-electron chi connectivity index (χ1n) is 9.05. The molecule has 128 valence electrons. The van der Waals surface area contributed by atoms with Crippen molar-refractivity contribution in [3.8, 4) is 0 Å². The van der Waals surface area contributed by atoms with Crippen LogP contribution in [-0.2, 0) is 0 Å². The minimum atomic E-state index is 0.117. The molecule has 24 heavy (non-hydrogen) atoms. The van der Waals surface area contributed by atoms with Crippen LogP contribution in [0.3, 0.4) is 0 Å². The first-order valence-corrected chi connectivity index (χ1v) is 9.05. The molecular formula is C19H26N4O. The van der Waals surface area contributed by atoms with Gasteiger partial charge in [0, 0.05) is 31.4 Å². The Morgan fingerprint density at radius 1 is 1.21 bits per heavy atom. The molecule has 0 N–H and O–H groups in total. The van der Waals surface area contributed by atoms with Gasteiger partial charge in [0.25, 0.3) is 5.91 Å². The predicted molar refractivity (Wildman–Crippen MR) is 94.4 cm³/mol. The Labute approximate surface area is 143 Å². The fraction of sp³-hybridized carbons (Fsp3) is 0.579. The highest BCUT2D eigenvalue weighted by Crippen LogP contribution is 2.26. The van der Waals surface area contributed by atoms with Crippen molar-refractivity contribution in [2.45, 2.75) is 52.1 Å². The van der Waals surface area contributed by atoms with Crippen LogP contribution >= 0.6 is 0 Å². The zero-order chi connectivity index (χ0) is 16.8. The molecule has 0 aliphatic carbocycles. The molecule has 4 rings (SSSR count). The van der Waals surface area contributed by atoms with Crippen molar-refractivity contribution in [1.29, 1.82) is 0 Å². The fourth-order valence-corrected chi connectivity index (χ4v) is 4.17. The zero-order valence-electron chi connectivity index (χ0n) is 14.8. The van der Waals surface area contributed by atoms with E-state index in [1.807, 2.05) is 41.5 Å². The normalized spacial score (nSPS) is 22.8. The van der Waals surface area contributed by atoms with Crippen LogP contribution in [0.4, 0.5) is 0 Å². The number of pyridine rings is 1. The number of rotatable bonds is 2. The molecule has 0 saturated carbocycles. The summed E-state index contributed by atoms with van der Waals surface area (Å²) in [5, 5.41) is 0. The number of hydrogen-bond donors (Lipinski definition) is 0. The van der Waals surface area contributed by atoms with E-state index >= 15 is 0 Å². The second-order valence-electron chi connectivity index (χ2n) is 7.43. The van der Waals surface area contributed by atoms with Crippen LogP contribution in [0.1, 0.15) is 47.9 Å². The molecule has 2 aliphatic rings. The molecule has 2 aromatic heterocycles. The monoisotopic (exact) mass is 326 g/mol. The molecule has 5 nitrogen and oxygen atoms in total. The Balaban J connectivity index is 1.52. The number of carbonyl (C=O) groups is 1. The number of imidazole rings is 1. The van der Waals surface area contributed by atoms with Gasteiger partial charge in [-0.05, 0) is 51.8 Å². The quantitative estimate of drug-likeness (QED) is 0.852. The highest BCUT2D eigenvalue weighted by molar-refractivity contribution is 5.95. The van der Waals surface area contributed by atoms with Crippen LogP contribution in [0, 0.1) is 13.8 Å². The SMILES string of the molecule is Cc1ccc2nc(C)c(C(=O)N3CC(N4CCCCC4C)C3)n2c1. The van der Waals surface area contributed by atoms with Crippen molar-refractivity contribution in [2.24, 2.45) is 0 Å². The number of aromatic nitrogens is 2. The van der Waals surface area contributed by atoms with E-state index in [1.165, 1.54) is 25.8 Å². The summed E-state index contributed by atoms with van der Waals surface area (Å²) in [5.74, 6) is 0.117. The minimum absolute atomic E-state index is 0.117. The fourth-order valence-electron chi connectivity index (χ4n) is 4.17. The molecular weight excluding hydrogens is 300 g/mol. The zero-order valence-corrected chi connectivity index (χ0v) is 14.8. The molecule has 1 unspecified atom stereocenters. The summed E-state index contributed by atoms with van der Waals surface area (Å²) in [6.07, 6.45) is 5.93. The third-order valence-corrected chi connectivity index (χ3v) is 5.62. The van der Waals surface area contributed by atoms with Gasteiger partial charge in [0.05, 0.1) is 5.69 Å². The number of fused-ring (bicyclic) bond motifs is 1. The van der Waals surface area contributed by atoms with Crippen LogP contribution < -0.4 is 0 Å².